The van der Waals surface area contributed by atoms with E-state index in [1.807, 2.05) is 6.07 Å². The molecule has 0 radical (unpaired) electrons. The first-order valence-corrected chi connectivity index (χ1v) is 8.20. The molecule has 1 N–H and O–H groups in total. The first-order chi connectivity index (χ1) is 13.0. The van der Waals surface area contributed by atoms with Gasteiger partial charge in [0.25, 0.3) is 5.91 Å². The Morgan fingerprint density at radius 2 is 2.22 bits per heavy atom. The van der Waals surface area contributed by atoms with Crippen LogP contribution in [0.3, 0.4) is 0 Å². The van der Waals surface area contributed by atoms with Gasteiger partial charge in [0, 0.05) is 19.7 Å². The number of urea groups is 1. The van der Waals surface area contributed by atoms with Crippen LogP contribution >= 0.6 is 0 Å². The first-order valence-electron chi connectivity index (χ1n) is 8.20. The van der Waals surface area contributed by atoms with Crippen LogP contribution in [0.1, 0.15) is 16.8 Å². The second kappa shape index (κ2) is 7.92. The van der Waals surface area contributed by atoms with Gasteiger partial charge in [-0.15, -0.1) is 5.10 Å². The van der Waals surface area contributed by atoms with Gasteiger partial charge in [0.2, 0.25) is 0 Å². The molecule has 27 heavy (non-hydrogen) atoms. The number of methoxy groups -OCH3 is 1. The monoisotopic (exact) mass is 372 g/mol. The van der Waals surface area contributed by atoms with Crippen LogP contribution < -0.4 is 5.32 Å². The Morgan fingerprint density at radius 3 is 2.96 bits per heavy atom. The molecule has 0 saturated carbocycles. The van der Waals surface area contributed by atoms with Crippen LogP contribution in [0.15, 0.2) is 24.4 Å². The highest BCUT2D eigenvalue weighted by Gasteiger charge is 2.38. The van der Waals surface area contributed by atoms with E-state index >= 15 is 0 Å². The maximum absolute atomic E-state index is 13.3. The summed E-state index contributed by atoms with van der Waals surface area (Å²) in [5.74, 6) is -0.985. The predicted molar refractivity (Wildman–Crippen MR) is 89.6 cm³/mol. The molecule has 1 aromatic heterocycles. The molecule has 1 atom stereocenters. The molecular weight excluding hydrogens is 355 g/mol. The maximum atomic E-state index is 13.3. The molecule has 1 aliphatic rings. The van der Waals surface area contributed by atoms with Crippen molar-refractivity contribution in [1.82, 2.24) is 25.2 Å². The topological polar surface area (TPSA) is 113 Å². The van der Waals surface area contributed by atoms with Crippen LogP contribution in [0, 0.1) is 17.1 Å². The molecule has 140 valence electrons. The molecule has 1 saturated heterocycles. The van der Waals surface area contributed by atoms with Crippen molar-refractivity contribution in [3.05, 3.63) is 47.0 Å². The summed E-state index contributed by atoms with van der Waals surface area (Å²) in [6, 6.07) is 4.19. The highest BCUT2D eigenvalue weighted by molar-refractivity contribution is 6.04. The predicted octanol–water partition coefficient (Wildman–Crippen LogP) is 0.598. The Balaban J connectivity index is 1.68. The number of carbonyl (C=O) groups is 2. The lowest BCUT2D eigenvalue weighted by atomic mass is 10.1. The van der Waals surface area contributed by atoms with Gasteiger partial charge in [0.15, 0.2) is 0 Å². The average Bonchev–Trinajstić information content (AvgIpc) is 3.21. The molecule has 1 aliphatic heterocycles. The van der Waals surface area contributed by atoms with Gasteiger partial charge in [-0.3, -0.25) is 9.69 Å². The number of hydrogen-bond acceptors (Lipinski definition) is 6. The lowest BCUT2D eigenvalue weighted by Crippen LogP contribution is -2.32. The SMILES string of the molecule is COCCn1cc(C[C@H]2NC(=O)N(Cc3ccc(F)cc3C#N)C2=O)nn1. The molecule has 9 nitrogen and oxygen atoms in total. The number of ether oxygens (including phenoxy) is 1. The van der Waals surface area contributed by atoms with Crippen molar-refractivity contribution in [1.29, 1.82) is 5.26 Å². The first kappa shape index (κ1) is 18.5. The quantitative estimate of drug-likeness (QED) is 0.712. The number of nitriles is 1. The van der Waals surface area contributed by atoms with Crippen LogP contribution in [0.5, 0.6) is 0 Å². The van der Waals surface area contributed by atoms with Crippen molar-refractivity contribution in [3.8, 4) is 6.07 Å². The molecule has 0 unspecified atom stereocenters. The molecule has 2 aromatic rings. The van der Waals surface area contributed by atoms with Crippen molar-refractivity contribution in [2.75, 3.05) is 13.7 Å². The summed E-state index contributed by atoms with van der Waals surface area (Å²) in [6.07, 6.45) is 1.89. The number of rotatable bonds is 7. The summed E-state index contributed by atoms with van der Waals surface area (Å²) in [5.41, 5.74) is 1.04. The summed E-state index contributed by atoms with van der Waals surface area (Å²) in [5, 5.41) is 19.6. The number of nitrogens with zero attached hydrogens (tertiary/aromatic N) is 5. The number of nitrogens with one attached hydrogen (secondary N) is 1. The van der Waals surface area contributed by atoms with Gasteiger partial charge in [-0.05, 0) is 17.7 Å². The zero-order valence-electron chi connectivity index (χ0n) is 14.6. The zero-order chi connectivity index (χ0) is 19.4. The standard InChI is InChI=1S/C17H17FN6O3/c1-27-5-4-23-10-14(21-22-23)7-15-16(25)24(17(26)20-15)9-11-2-3-13(18)6-12(11)8-19/h2-3,6,10,15H,4-5,7,9H2,1H3,(H,20,26)/t15-/m1/s1. The van der Waals surface area contributed by atoms with E-state index in [9.17, 15) is 14.0 Å². The van der Waals surface area contributed by atoms with Crippen LogP contribution in [0.25, 0.3) is 0 Å². The fourth-order valence-electron chi connectivity index (χ4n) is 2.76. The molecule has 2 heterocycles. The molecule has 10 heteroatoms. The fraction of sp³-hybridized carbons (Fsp3) is 0.353. The molecule has 0 bridgehead atoms. The van der Waals surface area contributed by atoms with E-state index in [-0.39, 0.29) is 18.5 Å². The van der Waals surface area contributed by atoms with Gasteiger partial charge >= 0.3 is 6.03 Å². The number of imide groups is 1. The summed E-state index contributed by atoms with van der Waals surface area (Å²) in [7, 11) is 1.58. The van der Waals surface area contributed by atoms with Gasteiger partial charge < -0.3 is 10.1 Å². The number of amides is 3. The molecular formula is C17H17FN6O3. The van der Waals surface area contributed by atoms with Crippen molar-refractivity contribution < 1.29 is 18.7 Å². The minimum Gasteiger partial charge on any atom is -0.383 e. The van der Waals surface area contributed by atoms with Crippen molar-refractivity contribution in [2.45, 2.75) is 25.6 Å². The maximum Gasteiger partial charge on any atom is 0.325 e. The van der Waals surface area contributed by atoms with Crippen molar-refractivity contribution >= 4 is 11.9 Å². The van der Waals surface area contributed by atoms with Gasteiger partial charge in [-0.1, -0.05) is 11.3 Å². The van der Waals surface area contributed by atoms with E-state index in [4.69, 9.17) is 10.00 Å². The van der Waals surface area contributed by atoms with Gasteiger partial charge in [-0.25, -0.2) is 13.9 Å². The summed E-state index contributed by atoms with van der Waals surface area (Å²) in [6.45, 7) is 0.904. The molecule has 1 aromatic carbocycles. The Bertz CT molecular complexity index is 906. The van der Waals surface area contributed by atoms with Crippen molar-refractivity contribution in [2.24, 2.45) is 0 Å². The third kappa shape index (κ3) is 4.09. The van der Waals surface area contributed by atoms with E-state index in [0.29, 0.717) is 24.4 Å². The molecule has 3 amide bonds. The van der Waals surface area contributed by atoms with Gasteiger partial charge in [0.05, 0.1) is 37.0 Å². The zero-order valence-corrected chi connectivity index (χ0v) is 14.6. The lowest BCUT2D eigenvalue weighted by Gasteiger charge is -2.14. The smallest absolute Gasteiger partial charge is 0.325 e. The second-order valence-electron chi connectivity index (χ2n) is 6.01. The number of benzene rings is 1. The molecule has 1 fully saturated rings. The normalized spacial score (nSPS) is 16.5. The van der Waals surface area contributed by atoms with E-state index < -0.39 is 23.8 Å². The Hall–Kier alpha value is -3.32. The average molecular weight is 372 g/mol. The molecule has 0 spiro atoms. The molecule has 0 aliphatic carbocycles. The van der Waals surface area contributed by atoms with E-state index in [0.717, 1.165) is 11.0 Å². The summed E-state index contributed by atoms with van der Waals surface area (Å²) < 4.78 is 19.8. The second-order valence-corrected chi connectivity index (χ2v) is 6.01. The van der Waals surface area contributed by atoms with Crippen LogP contribution in [0.4, 0.5) is 9.18 Å². The van der Waals surface area contributed by atoms with Gasteiger partial charge in [0.1, 0.15) is 11.9 Å². The van der Waals surface area contributed by atoms with Crippen LogP contribution in [-0.2, 0) is 29.0 Å². The Morgan fingerprint density at radius 1 is 1.41 bits per heavy atom. The van der Waals surface area contributed by atoms with Gasteiger partial charge in [-0.2, -0.15) is 5.26 Å². The van der Waals surface area contributed by atoms with E-state index in [1.54, 1.807) is 18.0 Å². The number of hydrogen-bond donors (Lipinski definition) is 1. The van der Waals surface area contributed by atoms with E-state index in [1.165, 1.54) is 12.1 Å². The minimum absolute atomic E-state index is 0.0835. The lowest BCUT2D eigenvalue weighted by molar-refractivity contribution is -0.127. The highest BCUT2D eigenvalue weighted by Crippen LogP contribution is 2.18. The Labute approximate surface area is 154 Å². The fourth-order valence-corrected chi connectivity index (χ4v) is 2.76. The summed E-state index contributed by atoms with van der Waals surface area (Å²) >= 11 is 0. The van der Waals surface area contributed by atoms with E-state index in [2.05, 4.69) is 15.6 Å². The highest BCUT2D eigenvalue weighted by atomic mass is 19.1. The summed E-state index contributed by atoms with van der Waals surface area (Å²) in [4.78, 5) is 25.8. The third-order valence-corrected chi connectivity index (χ3v) is 4.15. The minimum atomic E-state index is -0.768. The number of aromatic nitrogens is 3. The van der Waals surface area contributed by atoms with Crippen LogP contribution in [0.2, 0.25) is 0 Å². The molecule has 3 rings (SSSR count). The Kier molecular flexibility index (Phi) is 5.42. The largest absolute Gasteiger partial charge is 0.383 e. The third-order valence-electron chi connectivity index (χ3n) is 4.15. The van der Waals surface area contributed by atoms with Crippen LogP contribution in [-0.4, -0.2) is 51.6 Å². The van der Waals surface area contributed by atoms with Crippen molar-refractivity contribution in [3.63, 3.8) is 0 Å². The number of halogens is 1. The number of carbonyl (C=O) groups excluding carboxylic acids is 2.